The molecule has 0 saturated carbocycles. The minimum atomic E-state index is -0.736. The molecular formula is C24H15FN2O4. The van der Waals surface area contributed by atoms with Gasteiger partial charge in [-0.05, 0) is 37.3 Å². The molecule has 3 amide bonds. The van der Waals surface area contributed by atoms with Crippen molar-refractivity contribution in [1.29, 1.82) is 0 Å². The molecule has 6 nitrogen and oxygen atoms in total. The Morgan fingerprint density at radius 1 is 0.935 bits per heavy atom. The number of imide groups is 1. The number of carbonyl (C=O) groups is 3. The first kappa shape index (κ1) is 18.7. The number of hydrogen-bond acceptors (Lipinski definition) is 4. The lowest BCUT2D eigenvalue weighted by Gasteiger charge is -2.18. The van der Waals surface area contributed by atoms with Crippen molar-refractivity contribution in [3.63, 3.8) is 0 Å². The van der Waals surface area contributed by atoms with E-state index in [9.17, 15) is 18.8 Å². The Morgan fingerprint density at radius 3 is 2.42 bits per heavy atom. The molecule has 4 aromatic rings. The van der Waals surface area contributed by atoms with Crippen LogP contribution < -0.4 is 10.2 Å². The highest BCUT2D eigenvalue weighted by Crippen LogP contribution is 2.37. The maximum atomic E-state index is 14.2. The molecule has 0 saturated heterocycles. The second-order valence-corrected chi connectivity index (χ2v) is 7.17. The van der Waals surface area contributed by atoms with Crippen molar-refractivity contribution in [2.75, 3.05) is 10.2 Å². The van der Waals surface area contributed by atoms with Gasteiger partial charge in [0.05, 0.1) is 23.1 Å². The maximum absolute atomic E-state index is 14.2. The van der Waals surface area contributed by atoms with Crippen molar-refractivity contribution in [2.24, 2.45) is 0 Å². The van der Waals surface area contributed by atoms with Crippen molar-refractivity contribution in [3.05, 3.63) is 95.2 Å². The van der Waals surface area contributed by atoms with Gasteiger partial charge in [0.1, 0.15) is 5.82 Å². The molecule has 7 heteroatoms. The van der Waals surface area contributed by atoms with Gasteiger partial charge in [0.15, 0.2) is 5.76 Å². The van der Waals surface area contributed by atoms with E-state index in [0.717, 1.165) is 11.0 Å². The molecule has 0 aliphatic carbocycles. The molecule has 5 rings (SSSR count). The lowest BCUT2D eigenvalue weighted by Crippen LogP contribution is -2.29. The van der Waals surface area contributed by atoms with E-state index in [1.807, 2.05) is 0 Å². The summed E-state index contributed by atoms with van der Waals surface area (Å²) in [7, 11) is 0. The van der Waals surface area contributed by atoms with Crippen LogP contribution in [0, 0.1) is 12.7 Å². The van der Waals surface area contributed by atoms with Gasteiger partial charge in [-0.15, -0.1) is 0 Å². The van der Waals surface area contributed by atoms with E-state index in [-0.39, 0.29) is 16.9 Å². The number of nitrogens with one attached hydrogen (secondary N) is 1. The molecule has 1 aliphatic heterocycles. The Kier molecular flexibility index (Phi) is 4.18. The molecule has 2 heterocycles. The molecule has 152 valence electrons. The van der Waals surface area contributed by atoms with Gasteiger partial charge >= 0.3 is 0 Å². The Balaban J connectivity index is 1.60. The lowest BCUT2D eigenvalue weighted by atomic mass is 10.1. The smallest absolute Gasteiger partial charge is 0.291 e. The fraction of sp³-hybridized carbons (Fsp3) is 0.0417. The monoisotopic (exact) mass is 414 g/mol. The predicted octanol–water partition coefficient (Wildman–Crippen LogP) is 4.93. The van der Waals surface area contributed by atoms with Gasteiger partial charge in [-0.2, -0.15) is 0 Å². The number of amides is 3. The predicted molar refractivity (Wildman–Crippen MR) is 113 cm³/mol. The van der Waals surface area contributed by atoms with Gasteiger partial charge in [0, 0.05) is 22.0 Å². The van der Waals surface area contributed by atoms with E-state index in [4.69, 9.17) is 4.42 Å². The van der Waals surface area contributed by atoms with Crippen molar-refractivity contribution in [3.8, 4) is 0 Å². The molecule has 3 aromatic carbocycles. The van der Waals surface area contributed by atoms with Crippen LogP contribution in [0.25, 0.3) is 10.8 Å². The number of halogens is 1. The molecule has 1 N–H and O–H groups in total. The zero-order chi connectivity index (χ0) is 21.7. The molecule has 0 spiro atoms. The number of benzene rings is 3. The number of anilines is 2. The van der Waals surface area contributed by atoms with Crippen LogP contribution in [0.2, 0.25) is 0 Å². The fourth-order valence-electron chi connectivity index (χ4n) is 3.83. The number of aryl methyl sites for hydroxylation is 1. The van der Waals surface area contributed by atoms with Crippen LogP contribution in [0.4, 0.5) is 15.8 Å². The average molecular weight is 414 g/mol. The Hall–Kier alpha value is -4.26. The molecule has 1 aliphatic rings. The molecule has 0 radical (unpaired) electrons. The van der Waals surface area contributed by atoms with E-state index in [0.29, 0.717) is 27.7 Å². The minimum Gasteiger partial charge on any atom is -0.459 e. The van der Waals surface area contributed by atoms with Gasteiger partial charge in [-0.1, -0.05) is 30.3 Å². The summed E-state index contributed by atoms with van der Waals surface area (Å²) in [5.74, 6) is -2.26. The SMILES string of the molecule is Cc1ccoc1C(=O)Nc1ccc(N2C(=O)c3cccc(F)c3C2=O)c2ccccc12. The standard InChI is InChI=1S/C24H15FN2O4/c1-13-11-12-31-21(13)22(28)26-18-9-10-19(15-6-3-2-5-14(15)18)27-23(29)16-7-4-8-17(25)20(16)24(27)30/h2-12H,1H3,(H,26,28). The van der Waals surface area contributed by atoms with Crippen molar-refractivity contribution in [1.82, 2.24) is 0 Å². The van der Waals surface area contributed by atoms with Crippen molar-refractivity contribution in [2.45, 2.75) is 6.92 Å². The van der Waals surface area contributed by atoms with E-state index in [1.54, 1.807) is 49.4 Å². The summed E-state index contributed by atoms with van der Waals surface area (Å²) in [5.41, 5.74) is 1.30. The van der Waals surface area contributed by atoms with E-state index < -0.39 is 23.5 Å². The van der Waals surface area contributed by atoms with Crippen molar-refractivity contribution >= 4 is 39.9 Å². The fourth-order valence-corrected chi connectivity index (χ4v) is 3.83. The van der Waals surface area contributed by atoms with E-state index >= 15 is 0 Å². The number of hydrogen-bond donors (Lipinski definition) is 1. The maximum Gasteiger partial charge on any atom is 0.291 e. The molecular weight excluding hydrogens is 399 g/mol. The summed E-state index contributed by atoms with van der Waals surface area (Å²) < 4.78 is 19.5. The zero-order valence-corrected chi connectivity index (χ0v) is 16.3. The Morgan fingerprint density at radius 2 is 1.71 bits per heavy atom. The average Bonchev–Trinajstić information content (AvgIpc) is 3.30. The first-order valence-electron chi connectivity index (χ1n) is 9.52. The van der Waals surface area contributed by atoms with Crippen LogP contribution in [0.3, 0.4) is 0 Å². The largest absolute Gasteiger partial charge is 0.459 e. The molecule has 31 heavy (non-hydrogen) atoms. The molecule has 1 aromatic heterocycles. The van der Waals surface area contributed by atoms with E-state index in [1.165, 1.54) is 18.4 Å². The van der Waals surface area contributed by atoms with Gasteiger partial charge in [0.25, 0.3) is 17.7 Å². The number of nitrogens with zero attached hydrogens (tertiary/aromatic N) is 1. The van der Waals surface area contributed by atoms with Crippen LogP contribution >= 0.6 is 0 Å². The Labute approximate surface area is 175 Å². The first-order chi connectivity index (χ1) is 15.0. The van der Waals surface area contributed by atoms with Gasteiger partial charge in [0.2, 0.25) is 0 Å². The van der Waals surface area contributed by atoms with Crippen LogP contribution in [0.5, 0.6) is 0 Å². The second kappa shape index (κ2) is 6.91. The Bertz CT molecular complexity index is 1410. The quantitative estimate of drug-likeness (QED) is 0.482. The van der Waals surface area contributed by atoms with E-state index in [2.05, 4.69) is 5.32 Å². The lowest BCUT2D eigenvalue weighted by molar-refractivity contribution is 0.0923. The van der Waals surface area contributed by atoms with Crippen LogP contribution in [0.15, 0.2) is 71.3 Å². The summed E-state index contributed by atoms with van der Waals surface area (Å²) in [4.78, 5) is 39.4. The highest BCUT2D eigenvalue weighted by atomic mass is 19.1. The molecule has 0 atom stereocenters. The third-order valence-electron chi connectivity index (χ3n) is 5.32. The van der Waals surface area contributed by atoms with Gasteiger partial charge < -0.3 is 9.73 Å². The normalized spacial score (nSPS) is 13.0. The molecule has 0 fully saturated rings. The minimum absolute atomic E-state index is 0.0276. The second-order valence-electron chi connectivity index (χ2n) is 7.17. The number of furan rings is 1. The highest BCUT2D eigenvalue weighted by Gasteiger charge is 2.39. The van der Waals surface area contributed by atoms with Gasteiger partial charge in [-0.3, -0.25) is 14.4 Å². The highest BCUT2D eigenvalue weighted by molar-refractivity contribution is 6.36. The summed E-state index contributed by atoms with van der Waals surface area (Å²) in [5, 5.41) is 4.00. The van der Waals surface area contributed by atoms with Crippen molar-refractivity contribution < 1.29 is 23.2 Å². The summed E-state index contributed by atoms with van der Waals surface area (Å²) in [6.45, 7) is 1.76. The summed E-state index contributed by atoms with van der Waals surface area (Å²) in [6.07, 6.45) is 1.44. The number of carbonyl (C=O) groups excluding carboxylic acids is 3. The number of fused-ring (bicyclic) bond motifs is 2. The van der Waals surface area contributed by atoms with Crippen LogP contribution in [0.1, 0.15) is 36.8 Å². The third-order valence-corrected chi connectivity index (χ3v) is 5.32. The summed E-state index contributed by atoms with van der Waals surface area (Å²) >= 11 is 0. The topological polar surface area (TPSA) is 79.6 Å². The van der Waals surface area contributed by atoms with Crippen LogP contribution in [-0.2, 0) is 0 Å². The third kappa shape index (κ3) is 2.82. The first-order valence-corrected chi connectivity index (χ1v) is 9.52. The van der Waals surface area contributed by atoms with Gasteiger partial charge in [-0.25, -0.2) is 9.29 Å². The number of rotatable bonds is 3. The summed E-state index contributed by atoms with van der Waals surface area (Å²) in [6, 6.07) is 15.9. The molecule has 0 bridgehead atoms. The zero-order valence-electron chi connectivity index (χ0n) is 16.3. The van der Waals surface area contributed by atoms with Crippen LogP contribution in [-0.4, -0.2) is 17.7 Å². The molecule has 0 unspecified atom stereocenters.